The summed E-state index contributed by atoms with van der Waals surface area (Å²) in [5.74, 6) is 0. The van der Waals surface area contributed by atoms with E-state index in [0.717, 1.165) is 0 Å². The van der Waals surface area contributed by atoms with Crippen molar-refractivity contribution in [3.63, 3.8) is 0 Å². The van der Waals surface area contributed by atoms with Crippen molar-refractivity contribution in [1.29, 1.82) is 0 Å². The normalized spacial score (nSPS) is 12.6. The van der Waals surface area contributed by atoms with Gasteiger partial charge in [-0.15, -0.1) is 0 Å². The van der Waals surface area contributed by atoms with Crippen molar-refractivity contribution in [2.75, 3.05) is 0 Å². The van der Waals surface area contributed by atoms with Gasteiger partial charge in [0.25, 0.3) is 11.3 Å². The molecule has 5 heteroatoms. The largest absolute Gasteiger partial charge is 0.335 e. The maximum Gasteiger partial charge on any atom is 0.266 e. The zero-order chi connectivity index (χ0) is 12.8. The molecule has 0 aliphatic carbocycles. The summed E-state index contributed by atoms with van der Waals surface area (Å²) in [4.78, 5) is 16.5. The maximum absolute atomic E-state index is 12.3. The fourth-order valence-corrected chi connectivity index (χ4v) is 1.74. The van der Waals surface area contributed by atoms with Gasteiger partial charge in [0.05, 0.1) is 0 Å². The van der Waals surface area contributed by atoms with Gasteiger partial charge >= 0.3 is 0 Å². The van der Waals surface area contributed by atoms with Crippen LogP contribution in [0.5, 0.6) is 0 Å². The average Bonchev–Trinajstić information content (AvgIpc) is 2.61. The SMILES string of the molecule is CC(C)n1cnc2onc(C(C)(C)C)c2c1=O. The van der Waals surface area contributed by atoms with Crippen molar-refractivity contribution in [2.24, 2.45) is 0 Å². The zero-order valence-electron chi connectivity index (χ0n) is 10.8. The molecule has 0 unspecified atom stereocenters. The van der Waals surface area contributed by atoms with E-state index in [2.05, 4.69) is 10.1 Å². The van der Waals surface area contributed by atoms with E-state index in [1.165, 1.54) is 6.33 Å². The van der Waals surface area contributed by atoms with Crippen LogP contribution in [0.1, 0.15) is 46.4 Å². The third-order valence-electron chi connectivity index (χ3n) is 2.69. The molecule has 0 aliphatic rings. The minimum atomic E-state index is -0.234. The van der Waals surface area contributed by atoms with Crippen LogP contribution in [0.15, 0.2) is 15.6 Å². The van der Waals surface area contributed by atoms with E-state index >= 15 is 0 Å². The van der Waals surface area contributed by atoms with Crippen molar-refractivity contribution in [3.05, 3.63) is 22.4 Å². The highest BCUT2D eigenvalue weighted by atomic mass is 16.5. The van der Waals surface area contributed by atoms with Gasteiger partial charge in [0.15, 0.2) is 0 Å². The molecular formula is C12H17N3O2. The summed E-state index contributed by atoms with van der Waals surface area (Å²) in [5.41, 5.74) is 0.662. The smallest absolute Gasteiger partial charge is 0.266 e. The predicted octanol–water partition coefficient (Wildman–Crippen LogP) is 2.26. The summed E-state index contributed by atoms with van der Waals surface area (Å²) in [7, 11) is 0. The molecule has 0 aliphatic heterocycles. The molecule has 0 saturated heterocycles. The van der Waals surface area contributed by atoms with E-state index in [1.807, 2.05) is 34.6 Å². The van der Waals surface area contributed by atoms with Crippen LogP contribution < -0.4 is 5.56 Å². The number of fused-ring (bicyclic) bond motifs is 1. The Hall–Kier alpha value is -1.65. The molecule has 0 radical (unpaired) electrons. The third kappa shape index (κ3) is 1.85. The topological polar surface area (TPSA) is 60.9 Å². The Bertz CT molecular complexity index is 602. The first-order valence-corrected chi connectivity index (χ1v) is 5.69. The molecule has 2 aromatic rings. The van der Waals surface area contributed by atoms with E-state index in [4.69, 9.17) is 4.52 Å². The molecule has 2 aromatic heterocycles. The molecule has 0 N–H and O–H groups in total. The van der Waals surface area contributed by atoms with E-state index < -0.39 is 0 Å². The van der Waals surface area contributed by atoms with Gasteiger partial charge in [-0.05, 0) is 13.8 Å². The maximum atomic E-state index is 12.3. The summed E-state index contributed by atoms with van der Waals surface area (Å²) in [6.07, 6.45) is 1.51. The first-order valence-electron chi connectivity index (χ1n) is 5.69. The van der Waals surface area contributed by atoms with Gasteiger partial charge in [0.1, 0.15) is 17.4 Å². The van der Waals surface area contributed by atoms with Crippen molar-refractivity contribution < 1.29 is 4.52 Å². The lowest BCUT2D eigenvalue weighted by Gasteiger charge is -2.14. The van der Waals surface area contributed by atoms with E-state index in [1.54, 1.807) is 4.57 Å². The standard InChI is InChI=1S/C12H17N3O2/c1-7(2)15-6-13-10-8(11(15)16)9(14-17-10)12(3,4)5/h6-7H,1-5H3. The second-order valence-electron chi connectivity index (χ2n) is 5.51. The molecule has 2 rings (SSSR count). The molecule has 0 aromatic carbocycles. The second kappa shape index (κ2) is 3.68. The van der Waals surface area contributed by atoms with Gasteiger partial charge in [0, 0.05) is 11.5 Å². The highest BCUT2D eigenvalue weighted by Gasteiger charge is 2.25. The van der Waals surface area contributed by atoms with Crippen LogP contribution in [0.25, 0.3) is 11.1 Å². The molecule has 92 valence electrons. The molecule has 2 heterocycles. The zero-order valence-corrected chi connectivity index (χ0v) is 10.8. The van der Waals surface area contributed by atoms with Gasteiger partial charge in [0.2, 0.25) is 0 Å². The van der Waals surface area contributed by atoms with Gasteiger partial charge < -0.3 is 4.52 Å². The second-order valence-corrected chi connectivity index (χ2v) is 5.51. The molecule has 0 amide bonds. The highest BCUT2D eigenvalue weighted by molar-refractivity contribution is 5.75. The van der Waals surface area contributed by atoms with Crippen molar-refractivity contribution in [2.45, 2.75) is 46.1 Å². The highest BCUT2D eigenvalue weighted by Crippen LogP contribution is 2.26. The molecular weight excluding hydrogens is 218 g/mol. The Morgan fingerprint density at radius 3 is 2.53 bits per heavy atom. The molecule has 0 spiro atoms. The van der Waals surface area contributed by atoms with Gasteiger partial charge in [-0.2, -0.15) is 0 Å². The van der Waals surface area contributed by atoms with Gasteiger partial charge in [-0.1, -0.05) is 25.9 Å². The quantitative estimate of drug-likeness (QED) is 0.760. The minimum Gasteiger partial charge on any atom is -0.335 e. The molecule has 5 nitrogen and oxygen atoms in total. The lowest BCUT2D eigenvalue weighted by molar-refractivity contribution is 0.414. The first kappa shape index (κ1) is 11.8. The van der Waals surface area contributed by atoms with Crippen molar-refractivity contribution in [1.82, 2.24) is 14.7 Å². The molecule has 0 atom stereocenters. The number of hydrogen-bond donors (Lipinski definition) is 0. The summed E-state index contributed by atoms with van der Waals surface area (Å²) in [6.45, 7) is 9.88. The Morgan fingerprint density at radius 1 is 1.35 bits per heavy atom. The van der Waals surface area contributed by atoms with Crippen LogP contribution in [0.4, 0.5) is 0 Å². The number of rotatable bonds is 1. The van der Waals surface area contributed by atoms with Crippen molar-refractivity contribution in [3.8, 4) is 0 Å². The van der Waals surface area contributed by atoms with Gasteiger partial charge in [-0.3, -0.25) is 9.36 Å². The van der Waals surface area contributed by atoms with E-state index in [9.17, 15) is 4.79 Å². The van der Waals surface area contributed by atoms with Crippen LogP contribution in [0, 0.1) is 0 Å². The monoisotopic (exact) mass is 235 g/mol. The molecule has 0 saturated carbocycles. The van der Waals surface area contributed by atoms with Crippen LogP contribution in [-0.2, 0) is 5.41 Å². The van der Waals surface area contributed by atoms with E-state index in [0.29, 0.717) is 16.8 Å². The Kier molecular flexibility index (Phi) is 2.56. The number of hydrogen-bond acceptors (Lipinski definition) is 4. The van der Waals surface area contributed by atoms with Gasteiger partial charge in [-0.25, -0.2) is 4.98 Å². The average molecular weight is 235 g/mol. The number of aromatic nitrogens is 3. The Balaban J connectivity index is 2.83. The number of nitrogens with zero attached hydrogens (tertiary/aromatic N) is 3. The lowest BCUT2D eigenvalue weighted by Crippen LogP contribution is -2.24. The van der Waals surface area contributed by atoms with Crippen molar-refractivity contribution >= 4 is 11.1 Å². The van der Waals surface area contributed by atoms with Crippen LogP contribution in [0.3, 0.4) is 0 Å². The Labute approximate surface area is 99.4 Å². The Morgan fingerprint density at radius 2 is 2.00 bits per heavy atom. The molecule has 17 heavy (non-hydrogen) atoms. The predicted molar refractivity (Wildman–Crippen MR) is 65.1 cm³/mol. The first-order chi connectivity index (χ1) is 7.82. The third-order valence-corrected chi connectivity index (χ3v) is 2.69. The molecule has 0 bridgehead atoms. The summed E-state index contributed by atoms with van der Waals surface area (Å²) >= 11 is 0. The summed E-state index contributed by atoms with van der Waals surface area (Å²) in [6, 6.07) is 0.0714. The van der Waals surface area contributed by atoms with E-state index in [-0.39, 0.29) is 17.0 Å². The van der Waals surface area contributed by atoms with Crippen LogP contribution in [-0.4, -0.2) is 14.7 Å². The summed E-state index contributed by atoms with van der Waals surface area (Å²) < 4.78 is 6.71. The minimum absolute atomic E-state index is 0.0714. The lowest BCUT2D eigenvalue weighted by atomic mass is 9.91. The summed E-state index contributed by atoms with van der Waals surface area (Å²) in [5, 5.41) is 4.47. The van der Waals surface area contributed by atoms with Crippen LogP contribution >= 0.6 is 0 Å². The van der Waals surface area contributed by atoms with Crippen LogP contribution in [0.2, 0.25) is 0 Å². The fraction of sp³-hybridized carbons (Fsp3) is 0.583. The molecule has 0 fully saturated rings. The fourth-order valence-electron chi connectivity index (χ4n) is 1.74.